The monoisotopic (exact) mass is 326 g/mol. The van der Waals surface area contributed by atoms with Crippen molar-refractivity contribution in [3.63, 3.8) is 0 Å². The van der Waals surface area contributed by atoms with Gasteiger partial charge < -0.3 is 29.6 Å². The largest absolute Gasteiger partial charge is 0.497 e. The van der Waals surface area contributed by atoms with Crippen molar-refractivity contribution < 1.29 is 28.5 Å². The molecule has 0 bridgehead atoms. The molecule has 0 aliphatic heterocycles. The number of carbonyl (C=O) groups is 2. The van der Waals surface area contributed by atoms with Gasteiger partial charge in [-0.15, -0.1) is 0 Å². The summed E-state index contributed by atoms with van der Waals surface area (Å²) < 4.78 is 20.3. The molecule has 0 fully saturated rings. The molecule has 0 aliphatic rings. The molecule has 1 rings (SSSR count). The number of ether oxygens (including phenoxy) is 4. The van der Waals surface area contributed by atoms with E-state index in [1.165, 1.54) is 14.2 Å². The average molecular weight is 326 g/mol. The molecule has 8 heteroatoms. The molecule has 0 saturated carbocycles. The van der Waals surface area contributed by atoms with E-state index in [2.05, 4.69) is 10.6 Å². The fourth-order valence-electron chi connectivity index (χ4n) is 1.60. The van der Waals surface area contributed by atoms with Crippen LogP contribution in [0.3, 0.4) is 0 Å². The van der Waals surface area contributed by atoms with Crippen LogP contribution in [0.4, 0.5) is 0 Å². The van der Waals surface area contributed by atoms with Crippen molar-refractivity contribution in [2.75, 3.05) is 41.0 Å². The first-order valence-electron chi connectivity index (χ1n) is 6.99. The molecule has 128 valence electrons. The molecule has 0 aromatic heterocycles. The lowest BCUT2D eigenvalue weighted by Crippen LogP contribution is -2.44. The van der Waals surface area contributed by atoms with E-state index < -0.39 is 18.1 Å². The maximum atomic E-state index is 11.6. The van der Waals surface area contributed by atoms with Crippen molar-refractivity contribution in [1.29, 1.82) is 0 Å². The predicted octanol–water partition coefficient (Wildman–Crippen LogP) is -0.0747. The number of amides is 2. The Labute approximate surface area is 135 Å². The summed E-state index contributed by atoms with van der Waals surface area (Å²) in [6.07, 6.45) is -0.592. The van der Waals surface area contributed by atoms with Gasteiger partial charge in [0.2, 0.25) is 0 Å². The van der Waals surface area contributed by atoms with Gasteiger partial charge in [-0.05, 0) is 24.3 Å². The zero-order chi connectivity index (χ0) is 17.1. The van der Waals surface area contributed by atoms with E-state index in [4.69, 9.17) is 18.9 Å². The fraction of sp³-hybridized carbons (Fsp3) is 0.467. The third-order valence-electron chi connectivity index (χ3n) is 2.88. The quantitative estimate of drug-likeness (QED) is 0.375. The molecule has 2 N–H and O–H groups in total. The highest BCUT2D eigenvalue weighted by molar-refractivity contribution is 6.35. The average Bonchev–Trinajstić information content (AvgIpc) is 2.59. The lowest BCUT2D eigenvalue weighted by Gasteiger charge is -2.13. The van der Waals surface area contributed by atoms with Crippen LogP contribution in [0.5, 0.6) is 11.5 Å². The minimum Gasteiger partial charge on any atom is -0.497 e. The van der Waals surface area contributed by atoms with Crippen LogP contribution < -0.4 is 20.1 Å². The van der Waals surface area contributed by atoms with Gasteiger partial charge in [0, 0.05) is 14.2 Å². The van der Waals surface area contributed by atoms with Gasteiger partial charge in [-0.3, -0.25) is 9.59 Å². The molecule has 8 nitrogen and oxygen atoms in total. The second-order valence-corrected chi connectivity index (χ2v) is 4.39. The lowest BCUT2D eigenvalue weighted by molar-refractivity contribution is -0.141. The Morgan fingerprint density at radius 2 is 1.52 bits per heavy atom. The van der Waals surface area contributed by atoms with E-state index in [1.54, 1.807) is 31.4 Å². The Bertz CT molecular complexity index is 487. The van der Waals surface area contributed by atoms with E-state index in [0.29, 0.717) is 5.75 Å². The van der Waals surface area contributed by atoms with Crippen LogP contribution in [0.15, 0.2) is 24.3 Å². The predicted molar refractivity (Wildman–Crippen MR) is 82.3 cm³/mol. The summed E-state index contributed by atoms with van der Waals surface area (Å²) in [6, 6.07) is 7.04. The highest BCUT2D eigenvalue weighted by atomic mass is 16.7. The number of rotatable bonds is 9. The Morgan fingerprint density at radius 3 is 2.09 bits per heavy atom. The minimum absolute atomic E-state index is 0.0849. The number of benzene rings is 1. The zero-order valence-electron chi connectivity index (χ0n) is 13.5. The zero-order valence-corrected chi connectivity index (χ0v) is 13.5. The molecule has 23 heavy (non-hydrogen) atoms. The molecule has 1 aromatic rings. The van der Waals surface area contributed by atoms with Crippen LogP contribution in [0.1, 0.15) is 0 Å². The molecule has 1 aromatic carbocycles. The van der Waals surface area contributed by atoms with Crippen LogP contribution in [-0.4, -0.2) is 59.1 Å². The van der Waals surface area contributed by atoms with Gasteiger partial charge in [-0.1, -0.05) is 0 Å². The Kier molecular flexibility index (Phi) is 8.48. The van der Waals surface area contributed by atoms with Gasteiger partial charge in [0.05, 0.1) is 20.2 Å². The highest BCUT2D eigenvalue weighted by Crippen LogP contribution is 2.16. The standard InChI is InChI=1S/C15H22N2O6/c1-20-11-4-6-12(7-5-11)23-9-8-16-14(18)15(19)17-10-13(21-2)22-3/h4-7,13H,8-10H2,1-3H3,(H,16,18)(H,17,19). The second-order valence-electron chi connectivity index (χ2n) is 4.39. The summed E-state index contributed by atoms with van der Waals surface area (Å²) in [6.45, 7) is 0.530. The molecule has 0 radical (unpaired) electrons. The third kappa shape index (κ3) is 6.98. The van der Waals surface area contributed by atoms with Gasteiger partial charge in [0.15, 0.2) is 6.29 Å². The highest BCUT2D eigenvalue weighted by Gasteiger charge is 2.14. The van der Waals surface area contributed by atoms with Crippen molar-refractivity contribution in [3.8, 4) is 11.5 Å². The number of carbonyl (C=O) groups excluding carboxylic acids is 2. The van der Waals surface area contributed by atoms with Gasteiger partial charge in [0.25, 0.3) is 0 Å². The Morgan fingerprint density at radius 1 is 0.957 bits per heavy atom. The summed E-state index contributed by atoms with van der Waals surface area (Å²) >= 11 is 0. The first-order valence-corrected chi connectivity index (χ1v) is 6.99. The molecule has 0 spiro atoms. The van der Waals surface area contributed by atoms with Crippen LogP contribution in [-0.2, 0) is 19.1 Å². The van der Waals surface area contributed by atoms with Gasteiger partial charge >= 0.3 is 11.8 Å². The third-order valence-corrected chi connectivity index (χ3v) is 2.88. The van der Waals surface area contributed by atoms with Crippen LogP contribution in [0.25, 0.3) is 0 Å². The van der Waals surface area contributed by atoms with E-state index >= 15 is 0 Å². The van der Waals surface area contributed by atoms with Crippen molar-refractivity contribution in [1.82, 2.24) is 10.6 Å². The maximum Gasteiger partial charge on any atom is 0.309 e. The summed E-state index contributed by atoms with van der Waals surface area (Å²) in [7, 11) is 4.46. The summed E-state index contributed by atoms with van der Waals surface area (Å²) in [4.78, 5) is 23.1. The molecule has 0 saturated heterocycles. The van der Waals surface area contributed by atoms with Crippen molar-refractivity contribution in [2.45, 2.75) is 6.29 Å². The Hall–Kier alpha value is -2.32. The number of hydrogen-bond acceptors (Lipinski definition) is 6. The summed E-state index contributed by atoms with van der Waals surface area (Å²) in [5, 5.41) is 4.85. The molecular weight excluding hydrogens is 304 g/mol. The van der Waals surface area contributed by atoms with Crippen molar-refractivity contribution in [2.24, 2.45) is 0 Å². The Balaban J connectivity index is 2.21. The first-order chi connectivity index (χ1) is 11.1. The lowest BCUT2D eigenvalue weighted by atomic mass is 10.3. The maximum absolute atomic E-state index is 11.6. The molecule has 0 unspecified atom stereocenters. The van der Waals surface area contributed by atoms with Gasteiger partial charge in [-0.25, -0.2) is 0 Å². The SMILES string of the molecule is COc1ccc(OCCNC(=O)C(=O)NCC(OC)OC)cc1. The number of nitrogens with one attached hydrogen (secondary N) is 2. The van der Waals surface area contributed by atoms with E-state index in [9.17, 15) is 9.59 Å². The van der Waals surface area contributed by atoms with Gasteiger partial charge in [0.1, 0.15) is 18.1 Å². The number of hydrogen-bond donors (Lipinski definition) is 2. The molecule has 0 atom stereocenters. The topological polar surface area (TPSA) is 95.1 Å². The van der Waals surface area contributed by atoms with E-state index in [1.807, 2.05) is 0 Å². The van der Waals surface area contributed by atoms with E-state index in [-0.39, 0.29) is 19.7 Å². The molecule has 0 aliphatic carbocycles. The minimum atomic E-state index is -0.756. The van der Waals surface area contributed by atoms with Crippen LogP contribution in [0.2, 0.25) is 0 Å². The van der Waals surface area contributed by atoms with Crippen molar-refractivity contribution in [3.05, 3.63) is 24.3 Å². The normalized spacial score (nSPS) is 10.3. The van der Waals surface area contributed by atoms with Crippen LogP contribution >= 0.6 is 0 Å². The van der Waals surface area contributed by atoms with E-state index in [0.717, 1.165) is 5.75 Å². The summed E-state index contributed by atoms with van der Waals surface area (Å²) in [5.41, 5.74) is 0. The number of methoxy groups -OCH3 is 3. The van der Waals surface area contributed by atoms with Crippen molar-refractivity contribution >= 4 is 11.8 Å². The summed E-state index contributed by atoms with van der Waals surface area (Å²) in [5.74, 6) is -0.122. The second kappa shape index (κ2) is 10.4. The molecular formula is C15H22N2O6. The molecule has 2 amide bonds. The molecule has 0 heterocycles. The van der Waals surface area contributed by atoms with Crippen LogP contribution in [0, 0.1) is 0 Å². The smallest absolute Gasteiger partial charge is 0.309 e. The first kappa shape index (κ1) is 18.7. The fourth-order valence-corrected chi connectivity index (χ4v) is 1.60. The van der Waals surface area contributed by atoms with Gasteiger partial charge in [-0.2, -0.15) is 0 Å².